The molecule has 0 aliphatic carbocycles. The molecule has 5 rings (SSSR count). The maximum Gasteiger partial charge on any atom is 0.338 e. The van der Waals surface area contributed by atoms with Gasteiger partial charge < -0.3 is 14.6 Å². The number of esters is 1. The number of ether oxygens (including phenoxy) is 2. The van der Waals surface area contributed by atoms with Crippen molar-refractivity contribution in [2.24, 2.45) is 0 Å². The van der Waals surface area contributed by atoms with Gasteiger partial charge in [-0.05, 0) is 47.7 Å². The normalized spacial score (nSPS) is 20.2. The van der Waals surface area contributed by atoms with Crippen molar-refractivity contribution < 1.29 is 19.4 Å². The average molecular weight is 505 g/mol. The van der Waals surface area contributed by atoms with Crippen molar-refractivity contribution in [3.63, 3.8) is 0 Å². The molecule has 186 valence electrons. The molecule has 3 heterocycles. The quantitative estimate of drug-likeness (QED) is 0.359. The van der Waals surface area contributed by atoms with Crippen LogP contribution in [0.2, 0.25) is 0 Å². The van der Waals surface area contributed by atoms with Crippen LogP contribution < -0.4 is 4.74 Å². The van der Waals surface area contributed by atoms with E-state index in [1.165, 1.54) is 4.88 Å². The number of aliphatic hydroxyl groups is 1. The molecule has 36 heavy (non-hydrogen) atoms. The fraction of sp³-hybridized carbons (Fsp3) is 0.296. The number of thiophene rings is 1. The number of benzene rings is 2. The van der Waals surface area contributed by atoms with E-state index in [0.29, 0.717) is 24.2 Å². The van der Waals surface area contributed by atoms with Crippen LogP contribution in [0, 0.1) is 0 Å². The van der Waals surface area contributed by atoms with Crippen molar-refractivity contribution in [1.29, 1.82) is 0 Å². The Hall–Kier alpha value is -3.53. The van der Waals surface area contributed by atoms with E-state index in [1.807, 2.05) is 18.2 Å². The Kier molecular flexibility index (Phi) is 7.41. The first-order chi connectivity index (χ1) is 17.6. The van der Waals surface area contributed by atoms with Gasteiger partial charge >= 0.3 is 5.97 Å². The molecule has 2 aromatic carbocycles. The van der Waals surface area contributed by atoms with E-state index >= 15 is 0 Å². The van der Waals surface area contributed by atoms with Crippen LogP contribution in [0.25, 0.3) is 0 Å². The topological polar surface area (TPSA) is 89.7 Å². The van der Waals surface area contributed by atoms with Crippen molar-refractivity contribution in [3.8, 4) is 5.75 Å². The minimum absolute atomic E-state index is 0.0178. The van der Waals surface area contributed by atoms with Crippen molar-refractivity contribution in [2.45, 2.75) is 37.8 Å². The molecule has 0 saturated carbocycles. The molecule has 1 fully saturated rings. The molecule has 2 aromatic heterocycles. The number of rotatable bonds is 8. The molecule has 1 aliphatic heterocycles. The Morgan fingerprint density at radius 1 is 1.11 bits per heavy atom. The number of hydrogen-bond donors (Lipinski definition) is 1. The molecule has 0 bridgehead atoms. The third-order valence-corrected chi connectivity index (χ3v) is 7.33. The largest absolute Gasteiger partial charge is 0.497 e. The Balaban J connectivity index is 1.30. The molecule has 0 spiro atoms. The summed E-state index contributed by atoms with van der Waals surface area (Å²) in [4.78, 5) is 15.9. The molecule has 0 radical (unpaired) electrons. The SMILES string of the molecule is COc1ccc([C@H]2C[C@H](O)[C@@H](n3cc(COC(=O)c4ccccc4)nn3)CN2Cc2cccs2)cc1. The maximum atomic E-state index is 12.3. The molecule has 9 heteroatoms. The lowest BCUT2D eigenvalue weighted by Crippen LogP contribution is -2.45. The van der Waals surface area contributed by atoms with Gasteiger partial charge in [-0.1, -0.05) is 41.6 Å². The van der Waals surface area contributed by atoms with Crippen LogP contribution in [-0.4, -0.2) is 50.7 Å². The smallest absolute Gasteiger partial charge is 0.338 e. The standard InChI is InChI=1S/C27H28N4O4S/c1-34-22-11-9-19(10-12-22)24-14-26(32)25(17-30(24)16-23-8-5-13-36-23)31-15-21(28-29-31)18-35-27(33)20-6-3-2-4-7-20/h2-13,15,24-26,32H,14,16-18H2,1H3/t24-,25+,26+/m1/s1. The van der Waals surface area contributed by atoms with E-state index < -0.39 is 12.1 Å². The van der Waals surface area contributed by atoms with E-state index in [1.54, 1.807) is 53.6 Å². The van der Waals surface area contributed by atoms with Gasteiger partial charge in [-0.2, -0.15) is 0 Å². The zero-order valence-electron chi connectivity index (χ0n) is 19.9. The summed E-state index contributed by atoms with van der Waals surface area (Å²) in [5.41, 5.74) is 2.16. The molecule has 0 unspecified atom stereocenters. The predicted octanol–water partition coefficient (Wildman–Crippen LogP) is 4.25. The first-order valence-electron chi connectivity index (χ1n) is 11.8. The molecule has 1 aliphatic rings. The molecule has 4 aromatic rings. The van der Waals surface area contributed by atoms with Crippen LogP contribution in [0.1, 0.15) is 45.0 Å². The molecular formula is C27H28N4O4S. The Morgan fingerprint density at radius 3 is 2.64 bits per heavy atom. The van der Waals surface area contributed by atoms with E-state index in [4.69, 9.17) is 9.47 Å². The summed E-state index contributed by atoms with van der Waals surface area (Å²) in [5.74, 6) is 0.396. The fourth-order valence-corrected chi connectivity index (χ4v) is 5.30. The van der Waals surface area contributed by atoms with Crippen LogP contribution in [0.15, 0.2) is 78.3 Å². The number of piperidine rings is 1. The summed E-state index contributed by atoms with van der Waals surface area (Å²) in [6.07, 6.45) is 1.70. The summed E-state index contributed by atoms with van der Waals surface area (Å²) in [6.45, 7) is 1.39. The van der Waals surface area contributed by atoms with E-state index in [-0.39, 0.29) is 18.7 Å². The number of carbonyl (C=O) groups is 1. The molecule has 1 N–H and O–H groups in total. The summed E-state index contributed by atoms with van der Waals surface area (Å²) >= 11 is 1.72. The van der Waals surface area contributed by atoms with Gasteiger partial charge in [-0.3, -0.25) is 4.90 Å². The number of aliphatic hydroxyl groups excluding tert-OH is 1. The van der Waals surface area contributed by atoms with Gasteiger partial charge in [-0.15, -0.1) is 16.4 Å². The number of methoxy groups -OCH3 is 1. The average Bonchev–Trinajstić information content (AvgIpc) is 3.61. The van der Waals surface area contributed by atoms with Crippen LogP contribution in [-0.2, 0) is 17.9 Å². The molecule has 3 atom stereocenters. The second kappa shape index (κ2) is 11.0. The van der Waals surface area contributed by atoms with Gasteiger partial charge in [0.05, 0.1) is 31.0 Å². The number of likely N-dealkylation sites (tertiary alicyclic amines) is 1. The van der Waals surface area contributed by atoms with E-state index in [2.05, 4.69) is 44.9 Å². The Morgan fingerprint density at radius 2 is 1.92 bits per heavy atom. The first-order valence-corrected chi connectivity index (χ1v) is 12.7. The lowest BCUT2D eigenvalue weighted by molar-refractivity contribution is -0.0105. The highest BCUT2D eigenvalue weighted by molar-refractivity contribution is 7.09. The van der Waals surface area contributed by atoms with E-state index in [0.717, 1.165) is 17.9 Å². The second-order valence-corrected chi connectivity index (χ2v) is 9.83. The Labute approximate surface area is 213 Å². The van der Waals surface area contributed by atoms with Gasteiger partial charge in [0.25, 0.3) is 0 Å². The van der Waals surface area contributed by atoms with Gasteiger partial charge in [-0.25, -0.2) is 9.48 Å². The highest BCUT2D eigenvalue weighted by Crippen LogP contribution is 2.37. The zero-order valence-corrected chi connectivity index (χ0v) is 20.8. The van der Waals surface area contributed by atoms with E-state index in [9.17, 15) is 9.90 Å². The highest BCUT2D eigenvalue weighted by atomic mass is 32.1. The van der Waals surface area contributed by atoms with Gasteiger partial charge in [0, 0.05) is 24.0 Å². The van der Waals surface area contributed by atoms with Crippen LogP contribution in [0.5, 0.6) is 5.75 Å². The number of hydrogen-bond acceptors (Lipinski definition) is 8. The summed E-state index contributed by atoms with van der Waals surface area (Å²) < 4.78 is 12.4. The van der Waals surface area contributed by atoms with Crippen LogP contribution in [0.4, 0.5) is 0 Å². The van der Waals surface area contributed by atoms with Crippen molar-refractivity contribution in [3.05, 3.63) is 100 Å². The molecule has 8 nitrogen and oxygen atoms in total. The summed E-state index contributed by atoms with van der Waals surface area (Å²) in [5, 5.41) is 21.7. The second-order valence-electron chi connectivity index (χ2n) is 8.80. The first kappa shape index (κ1) is 24.2. The van der Waals surface area contributed by atoms with Gasteiger partial charge in [0.1, 0.15) is 18.1 Å². The lowest BCUT2D eigenvalue weighted by atomic mass is 9.90. The Bertz CT molecular complexity index is 1260. The number of carbonyl (C=O) groups excluding carboxylic acids is 1. The summed E-state index contributed by atoms with van der Waals surface area (Å²) in [6, 6.07) is 20.8. The third-order valence-electron chi connectivity index (χ3n) is 6.47. The molecular weight excluding hydrogens is 476 g/mol. The van der Waals surface area contributed by atoms with Crippen molar-refractivity contribution in [2.75, 3.05) is 13.7 Å². The predicted molar refractivity (Wildman–Crippen MR) is 136 cm³/mol. The zero-order chi connectivity index (χ0) is 24.9. The third kappa shape index (κ3) is 5.48. The van der Waals surface area contributed by atoms with Crippen molar-refractivity contribution in [1.82, 2.24) is 19.9 Å². The number of aromatic nitrogens is 3. The lowest BCUT2D eigenvalue weighted by Gasteiger charge is -2.42. The minimum Gasteiger partial charge on any atom is -0.497 e. The van der Waals surface area contributed by atoms with Gasteiger partial charge in [0.2, 0.25) is 0 Å². The maximum absolute atomic E-state index is 12.3. The molecule has 0 amide bonds. The van der Waals surface area contributed by atoms with Crippen molar-refractivity contribution >= 4 is 17.3 Å². The fourth-order valence-electron chi connectivity index (χ4n) is 4.57. The van der Waals surface area contributed by atoms with Gasteiger partial charge in [0.15, 0.2) is 0 Å². The monoisotopic (exact) mass is 504 g/mol. The van der Waals surface area contributed by atoms with Crippen LogP contribution in [0.3, 0.4) is 0 Å². The minimum atomic E-state index is -0.613. The summed E-state index contributed by atoms with van der Waals surface area (Å²) in [7, 11) is 1.65. The molecule has 1 saturated heterocycles. The highest BCUT2D eigenvalue weighted by Gasteiger charge is 2.37. The number of nitrogens with zero attached hydrogens (tertiary/aromatic N) is 4. The van der Waals surface area contributed by atoms with Crippen LogP contribution >= 0.6 is 11.3 Å².